The lowest BCUT2D eigenvalue weighted by molar-refractivity contribution is -0.148. The van der Waals surface area contributed by atoms with E-state index in [0.717, 1.165) is 42.0 Å². The molecular weight excluding hydrogens is 837 g/mol. The fraction of sp³-hybridized carbons (Fsp3) is 0.729. The molecule has 67 heavy (non-hydrogen) atoms. The van der Waals surface area contributed by atoms with Gasteiger partial charge in [0, 0.05) is 36.1 Å². The molecule has 0 aliphatic rings. The lowest BCUT2D eigenvalue weighted by Crippen LogP contribution is -2.30. The molecule has 8 nitrogen and oxygen atoms in total. The van der Waals surface area contributed by atoms with Crippen molar-refractivity contribution in [3.05, 3.63) is 61.2 Å². The van der Waals surface area contributed by atoms with Crippen LogP contribution in [0.5, 0.6) is 11.5 Å². The molecule has 0 fully saturated rings. The predicted octanol–water partition coefficient (Wildman–Crippen LogP) is 16.7. The van der Waals surface area contributed by atoms with Crippen LogP contribution in [0, 0.1) is 6.92 Å². The van der Waals surface area contributed by atoms with Crippen molar-refractivity contribution in [2.45, 2.75) is 238 Å². The highest BCUT2D eigenvalue weighted by Gasteiger charge is 2.19. The van der Waals surface area contributed by atoms with Crippen molar-refractivity contribution in [1.29, 1.82) is 0 Å². The van der Waals surface area contributed by atoms with Gasteiger partial charge in [0.05, 0.1) is 13.2 Å². The van der Waals surface area contributed by atoms with Crippen LogP contribution in [0.25, 0.3) is 10.8 Å². The summed E-state index contributed by atoms with van der Waals surface area (Å²) in [6.45, 7) is 15.6. The number of hydrogen-bond donors (Lipinski definition) is 0. The topological polar surface area (TPSA) is 89.5 Å². The molecule has 0 saturated heterocycles. The van der Waals surface area contributed by atoms with E-state index < -0.39 is 24.1 Å². The van der Waals surface area contributed by atoms with Crippen LogP contribution in [0.1, 0.15) is 225 Å². The first-order valence-corrected chi connectivity index (χ1v) is 27.5. The highest BCUT2D eigenvalue weighted by molar-refractivity contribution is 5.94. The van der Waals surface area contributed by atoms with Gasteiger partial charge < -0.3 is 28.4 Å². The van der Waals surface area contributed by atoms with E-state index in [-0.39, 0.29) is 26.4 Å². The van der Waals surface area contributed by atoms with Crippen molar-refractivity contribution >= 4 is 22.7 Å². The van der Waals surface area contributed by atoms with E-state index >= 15 is 0 Å². The first kappa shape index (κ1) is 59.8. The Kier molecular flexibility index (Phi) is 38.1. The van der Waals surface area contributed by atoms with E-state index in [1.54, 1.807) is 0 Å². The summed E-state index contributed by atoms with van der Waals surface area (Å²) < 4.78 is 35.9. The number of rotatable bonds is 48. The zero-order valence-electron chi connectivity index (χ0n) is 43.2. The molecule has 0 aliphatic heterocycles. The minimum absolute atomic E-state index is 0.123. The molecular formula is C59H98O8. The molecule has 0 saturated carbocycles. The summed E-state index contributed by atoms with van der Waals surface area (Å²) in [5.41, 5.74) is 0.938. The number of aryl methyl sites for hydroxylation is 1. The molecule has 2 atom stereocenters. The summed E-state index contributed by atoms with van der Waals surface area (Å²) in [6, 6.07) is 9.78. The molecule has 0 heterocycles. The first-order valence-electron chi connectivity index (χ1n) is 27.5. The number of fused-ring (bicyclic) bond motifs is 1. The standard InChI is InChI=1S/C59H98O8/c1-6-10-12-14-16-18-20-22-24-26-28-30-32-34-36-38-45-62-47-52(66-57(60)8-3)49-64-56-42-40-41-55-54(56)44-43-51(5)59(55)65-50-53(67-58(61)9-4)48-63-46-39-37-35-33-31-29-27-25-23-21-19-17-15-13-11-7-2/h8-9,40-44,52-53H,3-4,6-7,10-39,45-50H2,1-2,5H3. The van der Waals surface area contributed by atoms with Crippen LogP contribution in [0.4, 0.5) is 0 Å². The van der Waals surface area contributed by atoms with Crippen molar-refractivity contribution in [3.63, 3.8) is 0 Å². The normalized spacial score (nSPS) is 12.2. The van der Waals surface area contributed by atoms with Crippen molar-refractivity contribution in [2.24, 2.45) is 0 Å². The molecule has 2 rings (SSSR count). The second-order valence-electron chi connectivity index (χ2n) is 19.0. The number of carbonyl (C=O) groups excluding carboxylic acids is 2. The van der Waals surface area contributed by atoms with Crippen molar-refractivity contribution in [1.82, 2.24) is 0 Å². The van der Waals surface area contributed by atoms with Crippen molar-refractivity contribution < 1.29 is 38.0 Å². The first-order chi connectivity index (χ1) is 32.9. The molecule has 382 valence electrons. The highest BCUT2D eigenvalue weighted by atomic mass is 16.6. The van der Waals surface area contributed by atoms with Crippen LogP contribution in [0.15, 0.2) is 55.6 Å². The van der Waals surface area contributed by atoms with Gasteiger partial charge >= 0.3 is 11.9 Å². The number of ether oxygens (including phenoxy) is 6. The largest absolute Gasteiger partial charge is 0.489 e. The molecule has 2 aromatic carbocycles. The highest BCUT2D eigenvalue weighted by Crippen LogP contribution is 2.35. The number of esters is 2. The van der Waals surface area contributed by atoms with Gasteiger partial charge in [0.1, 0.15) is 24.7 Å². The second kappa shape index (κ2) is 42.7. The van der Waals surface area contributed by atoms with E-state index in [0.29, 0.717) is 24.7 Å². The third-order valence-corrected chi connectivity index (χ3v) is 12.8. The third-order valence-electron chi connectivity index (χ3n) is 12.8. The maximum atomic E-state index is 12.3. The Bertz CT molecular complexity index is 1520. The quantitative estimate of drug-likeness (QED) is 0.0368. The molecule has 0 aromatic heterocycles. The SMILES string of the molecule is C=CC(=O)OC(COCCCCCCCCCCCCCCCCCC)COc1cccc2c(OCC(COCCCCCCCCCCCCCCCCCC)OC(=O)C=C)c(C)ccc12. The molecule has 0 aliphatic carbocycles. The van der Waals surface area contributed by atoms with Gasteiger partial charge in [0.15, 0.2) is 12.2 Å². The van der Waals surface area contributed by atoms with Crippen LogP contribution >= 0.6 is 0 Å². The van der Waals surface area contributed by atoms with Crippen LogP contribution in [-0.2, 0) is 28.5 Å². The third kappa shape index (κ3) is 31.4. The molecule has 0 radical (unpaired) electrons. The molecule has 0 spiro atoms. The van der Waals surface area contributed by atoms with Gasteiger partial charge in [-0.2, -0.15) is 0 Å². The monoisotopic (exact) mass is 935 g/mol. The van der Waals surface area contributed by atoms with Gasteiger partial charge in [0.25, 0.3) is 0 Å². The summed E-state index contributed by atoms with van der Waals surface area (Å²) in [4.78, 5) is 24.5. The lowest BCUT2D eigenvalue weighted by Gasteiger charge is -2.21. The Morgan fingerprint density at radius 1 is 0.448 bits per heavy atom. The molecule has 0 amide bonds. The maximum Gasteiger partial charge on any atom is 0.330 e. The van der Waals surface area contributed by atoms with E-state index in [1.165, 1.54) is 192 Å². The summed E-state index contributed by atoms with van der Waals surface area (Å²) >= 11 is 0. The Morgan fingerprint density at radius 2 is 0.806 bits per heavy atom. The smallest absolute Gasteiger partial charge is 0.330 e. The van der Waals surface area contributed by atoms with Gasteiger partial charge in [0.2, 0.25) is 0 Å². The van der Waals surface area contributed by atoms with Gasteiger partial charge in [-0.05, 0) is 31.4 Å². The number of carbonyl (C=O) groups is 2. The lowest BCUT2D eigenvalue weighted by atomic mass is 10.0. The molecule has 2 unspecified atom stereocenters. The Hall–Kier alpha value is -3.36. The van der Waals surface area contributed by atoms with Crippen LogP contribution in [0.2, 0.25) is 0 Å². The minimum atomic E-state index is -0.597. The zero-order chi connectivity index (χ0) is 48.3. The molecule has 2 aromatic rings. The Balaban J connectivity index is 1.72. The fourth-order valence-corrected chi connectivity index (χ4v) is 8.68. The van der Waals surface area contributed by atoms with E-state index in [1.807, 2.05) is 37.3 Å². The molecule has 0 N–H and O–H groups in total. The van der Waals surface area contributed by atoms with Crippen molar-refractivity contribution in [2.75, 3.05) is 39.6 Å². The number of benzene rings is 2. The minimum Gasteiger partial charge on any atom is -0.489 e. The van der Waals surface area contributed by atoms with Gasteiger partial charge in [-0.1, -0.05) is 244 Å². The van der Waals surface area contributed by atoms with Crippen LogP contribution in [0.3, 0.4) is 0 Å². The van der Waals surface area contributed by atoms with E-state index in [4.69, 9.17) is 28.4 Å². The zero-order valence-corrected chi connectivity index (χ0v) is 43.2. The predicted molar refractivity (Wildman–Crippen MR) is 281 cm³/mol. The van der Waals surface area contributed by atoms with Gasteiger partial charge in [-0.15, -0.1) is 0 Å². The van der Waals surface area contributed by atoms with Gasteiger partial charge in [-0.3, -0.25) is 0 Å². The summed E-state index contributed by atoms with van der Waals surface area (Å²) in [7, 11) is 0. The van der Waals surface area contributed by atoms with Gasteiger partial charge in [-0.25, -0.2) is 9.59 Å². The fourth-order valence-electron chi connectivity index (χ4n) is 8.68. The average molecular weight is 935 g/mol. The van der Waals surface area contributed by atoms with Crippen LogP contribution in [-0.4, -0.2) is 63.8 Å². The maximum absolute atomic E-state index is 12.3. The molecule has 0 bridgehead atoms. The number of unbranched alkanes of at least 4 members (excludes halogenated alkanes) is 30. The summed E-state index contributed by atoms with van der Waals surface area (Å²) in [5.74, 6) is 0.295. The Morgan fingerprint density at radius 3 is 1.18 bits per heavy atom. The van der Waals surface area contributed by atoms with E-state index in [2.05, 4.69) is 27.0 Å². The average Bonchev–Trinajstić information content (AvgIpc) is 3.34. The molecule has 8 heteroatoms. The summed E-state index contributed by atoms with van der Waals surface area (Å²) in [6.07, 6.45) is 43.5. The second-order valence-corrected chi connectivity index (χ2v) is 19.0. The van der Waals surface area contributed by atoms with Crippen LogP contribution < -0.4 is 9.47 Å². The Labute approximate surface area is 410 Å². The summed E-state index contributed by atoms with van der Waals surface area (Å²) in [5, 5.41) is 1.71. The van der Waals surface area contributed by atoms with E-state index in [9.17, 15) is 9.59 Å². The number of hydrogen-bond acceptors (Lipinski definition) is 8. The van der Waals surface area contributed by atoms with Crippen molar-refractivity contribution in [3.8, 4) is 11.5 Å².